The van der Waals surface area contributed by atoms with Crippen LogP contribution in [0.25, 0.3) is 0 Å². The molecule has 3 heterocycles. The van der Waals surface area contributed by atoms with Gasteiger partial charge in [-0.1, -0.05) is 0 Å². The molecule has 0 spiro atoms. The van der Waals surface area contributed by atoms with Crippen LogP contribution in [0.2, 0.25) is 0 Å². The lowest BCUT2D eigenvalue weighted by atomic mass is 9.99. The fraction of sp³-hybridized carbons (Fsp3) is 0.533. The molecule has 0 radical (unpaired) electrons. The number of nitrogens with zero attached hydrogens (tertiary/aromatic N) is 4. The highest BCUT2D eigenvalue weighted by molar-refractivity contribution is 5.92. The van der Waals surface area contributed by atoms with Crippen LogP contribution in [-0.2, 0) is 19.1 Å². The van der Waals surface area contributed by atoms with E-state index in [-0.39, 0.29) is 17.5 Å². The summed E-state index contributed by atoms with van der Waals surface area (Å²) in [4.78, 5) is 21.4. The fourth-order valence-electron chi connectivity index (χ4n) is 2.96. The number of alkyl halides is 3. The van der Waals surface area contributed by atoms with Gasteiger partial charge in [0.2, 0.25) is 0 Å². The molecule has 0 N–H and O–H groups in total. The van der Waals surface area contributed by atoms with Crippen LogP contribution >= 0.6 is 0 Å². The van der Waals surface area contributed by atoms with Gasteiger partial charge in [0.05, 0.1) is 0 Å². The summed E-state index contributed by atoms with van der Waals surface area (Å²) in [5.74, 6) is 0.699. The maximum absolute atomic E-state index is 12.7. The number of halogens is 3. The monoisotopic (exact) mass is 342 g/mol. The third-order valence-corrected chi connectivity index (χ3v) is 4.21. The molecular weight excluding hydrogens is 325 g/mol. The van der Waals surface area contributed by atoms with Crippen molar-refractivity contribution in [1.82, 2.24) is 19.4 Å². The molecule has 9 heteroatoms. The molecule has 1 atom stereocenters. The van der Waals surface area contributed by atoms with Gasteiger partial charge in [-0.15, -0.1) is 0 Å². The molecule has 0 fully saturated rings. The maximum Gasteiger partial charge on any atom is 0.434 e. The van der Waals surface area contributed by atoms with E-state index in [0.717, 1.165) is 6.20 Å². The van der Waals surface area contributed by atoms with Crippen molar-refractivity contribution in [3.05, 3.63) is 35.6 Å². The summed E-state index contributed by atoms with van der Waals surface area (Å²) in [6, 6.07) is 0. The number of oxazole rings is 1. The lowest BCUT2D eigenvalue weighted by Gasteiger charge is -2.27. The first-order valence-corrected chi connectivity index (χ1v) is 7.54. The van der Waals surface area contributed by atoms with Crippen LogP contribution in [0, 0.1) is 12.8 Å². The van der Waals surface area contributed by atoms with E-state index in [1.54, 1.807) is 14.0 Å². The second kappa shape index (κ2) is 5.95. The van der Waals surface area contributed by atoms with Gasteiger partial charge in [0.15, 0.2) is 17.8 Å². The van der Waals surface area contributed by atoms with E-state index in [1.807, 2.05) is 0 Å². The van der Waals surface area contributed by atoms with Crippen molar-refractivity contribution >= 4 is 5.91 Å². The molecule has 0 unspecified atom stereocenters. The minimum absolute atomic E-state index is 0.0638. The normalized spacial score (nSPS) is 17.6. The summed E-state index contributed by atoms with van der Waals surface area (Å²) >= 11 is 0. The summed E-state index contributed by atoms with van der Waals surface area (Å²) in [6.07, 6.45) is -1.02. The van der Waals surface area contributed by atoms with Gasteiger partial charge in [0.25, 0.3) is 5.91 Å². The van der Waals surface area contributed by atoms with Crippen LogP contribution in [0.5, 0.6) is 0 Å². The Kier molecular flexibility index (Phi) is 4.10. The predicted molar refractivity (Wildman–Crippen MR) is 77.2 cm³/mol. The SMILES string of the molecule is Cc1ocnc1C(=O)N(C)C[C@H]1CCc2nc(C(F)(F)F)cn2C1. The summed E-state index contributed by atoms with van der Waals surface area (Å²) in [5, 5.41) is 0. The van der Waals surface area contributed by atoms with Gasteiger partial charge >= 0.3 is 6.18 Å². The van der Waals surface area contributed by atoms with Crippen molar-refractivity contribution in [2.24, 2.45) is 5.92 Å². The van der Waals surface area contributed by atoms with Gasteiger partial charge in [0.1, 0.15) is 11.6 Å². The third-order valence-electron chi connectivity index (χ3n) is 4.21. The standard InChI is InChI=1S/C15H17F3N4O2/c1-9-13(19-8-24-9)14(23)21(2)5-10-3-4-12-20-11(15(16,17)18)7-22(12)6-10/h7-8,10H,3-6H2,1-2H3/t10-/m1/s1. The second-order valence-electron chi connectivity index (χ2n) is 6.04. The molecule has 130 valence electrons. The smallest absolute Gasteiger partial charge is 0.434 e. The zero-order valence-corrected chi connectivity index (χ0v) is 13.3. The Morgan fingerprint density at radius 2 is 2.25 bits per heavy atom. The highest BCUT2D eigenvalue weighted by atomic mass is 19.4. The molecule has 0 aliphatic carbocycles. The minimum atomic E-state index is -4.43. The Balaban J connectivity index is 1.66. The lowest BCUT2D eigenvalue weighted by Crippen LogP contribution is -2.35. The highest BCUT2D eigenvalue weighted by Gasteiger charge is 2.36. The van der Waals surface area contributed by atoms with Gasteiger partial charge in [-0.2, -0.15) is 13.2 Å². The first-order chi connectivity index (χ1) is 11.3. The minimum Gasteiger partial charge on any atom is -0.448 e. The van der Waals surface area contributed by atoms with Crippen LogP contribution < -0.4 is 0 Å². The van der Waals surface area contributed by atoms with Crippen LogP contribution in [-0.4, -0.2) is 38.9 Å². The fourth-order valence-corrected chi connectivity index (χ4v) is 2.96. The first-order valence-electron chi connectivity index (χ1n) is 7.54. The van der Waals surface area contributed by atoms with Crippen LogP contribution in [0.15, 0.2) is 17.0 Å². The molecule has 0 saturated carbocycles. The average Bonchev–Trinajstić information content (AvgIpc) is 3.11. The number of carbonyl (C=O) groups is 1. The Bertz CT molecular complexity index is 750. The molecule has 1 amide bonds. The Morgan fingerprint density at radius 1 is 1.50 bits per heavy atom. The summed E-state index contributed by atoms with van der Waals surface area (Å²) in [5.41, 5.74) is -0.600. The summed E-state index contributed by atoms with van der Waals surface area (Å²) < 4.78 is 44.8. The van der Waals surface area contributed by atoms with Crippen LogP contribution in [0.1, 0.15) is 34.2 Å². The molecule has 1 aliphatic rings. The molecule has 2 aromatic rings. The number of aryl methyl sites for hydroxylation is 2. The zero-order valence-electron chi connectivity index (χ0n) is 13.3. The number of imidazole rings is 1. The molecule has 0 aromatic carbocycles. The summed E-state index contributed by atoms with van der Waals surface area (Å²) in [6.45, 7) is 2.50. The van der Waals surface area contributed by atoms with Gasteiger partial charge in [0, 0.05) is 32.8 Å². The molecular formula is C15H17F3N4O2. The van der Waals surface area contributed by atoms with Gasteiger partial charge < -0.3 is 13.9 Å². The van der Waals surface area contributed by atoms with Crippen molar-refractivity contribution in [3.63, 3.8) is 0 Å². The largest absolute Gasteiger partial charge is 0.448 e. The number of amides is 1. The van der Waals surface area contributed by atoms with Crippen LogP contribution in [0.4, 0.5) is 13.2 Å². The molecule has 0 bridgehead atoms. The van der Waals surface area contributed by atoms with Gasteiger partial charge in [-0.25, -0.2) is 9.97 Å². The maximum atomic E-state index is 12.7. The molecule has 0 saturated heterocycles. The Morgan fingerprint density at radius 3 is 2.88 bits per heavy atom. The van der Waals surface area contributed by atoms with E-state index in [4.69, 9.17) is 4.42 Å². The number of carbonyl (C=O) groups excluding carboxylic acids is 1. The topological polar surface area (TPSA) is 64.2 Å². The third kappa shape index (κ3) is 3.15. The highest BCUT2D eigenvalue weighted by Crippen LogP contribution is 2.30. The van der Waals surface area contributed by atoms with E-state index < -0.39 is 11.9 Å². The number of rotatable bonds is 3. The van der Waals surface area contributed by atoms with Crippen molar-refractivity contribution in [3.8, 4) is 0 Å². The molecule has 24 heavy (non-hydrogen) atoms. The van der Waals surface area contributed by atoms with E-state index in [9.17, 15) is 18.0 Å². The van der Waals surface area contributed by atoms with Crippen molar-refractivity contribution in [2.45, 2.75) is 32.5 Å². The molecule has 2 aromatic heterocycles. The quantitative estimate of drug-likeness (QED) is 0.860. The number of fused-ring (bicyclic) bond motifs is 1. The Labute approximate surface area is 136 Å². The Hall–Kier alpha value is -2.32. The van der Waals surface area contributed by atoms with Crippen molar-refractivity contribution in [2.75, 3.05) is 13.6 Å². The van der Waals surface area contributed by atoms with E-state index in [2.05, 4.69) is 9.97 Å². The first kappa shape index (κ1) is 16.5. The number of hydrogen-bond acceptors (Lipinski definition) is 4. The molecule has 1 aliphatic heterocycles. The molecule has 3 rings (SSSR count). The number of aromatic nitrogens is 3. The van der Waals surface area contributed by atoms with Crippen LogP contribution in [0.3, 0.4) is 0 Å². The van der Waals surface area contributed by atoms with E-state index in [0.29, 0.717) is 37.5 Å². The second-order valence-corrected chi connectivity index (χ2v) is 6.04. The van der Waals surface area contributed by atoms with Gasteiger partial charge in [-0.3, -0.25) is 4.79 Å². The lowest BCUT2D eigenvalue weighted by molar-refractivity contribution is -0.141. The molecule has 6 nitrogen and oxygen atoms in total. The number of hydrogen-bond donors (Lipinski definition) is 0. The zero-order chi connectivity index (χ0) is 17.5. The van der Waals surface area contributed by atoms with Crippen molar-refractivity contribution in [1.29, 1.82) is 0 Å². The van der Waals surface area contributed by atoms with Gasteiger partial charge in [-0.05, 0) is 19.3 Å². The average molecular weight is 342 g/mol. The van der Waals surface area contributed by atoms with E-state index in [1.165, 1.54) is 15.9 Å². The van der Waals surface area contributed by atoms with Crippen molar-refractivity contribution < 1.29 is 22.4 Å². The summed E-state index contributed by atoms with van der Waals surface area (Å²) in [7, 11) is 1.65. The van der Waals surface area contributed by atoms with E-state index >= 15 is 0 Å². The predicted octanol–water partition coefficient (Wildman–Crippen LogP) is 2.53.